The highest BCUT2D eigenvalue weighted by Crippen LogP contribution is 2.19. The van der Waals surface area contributed by atoms with E-state index in [1.165, 1.54) is 0 Å². The van der Waals surface area contributed by atoms with Crippen LogP contribution in [0.1, 0.15) is 16.8 Å². The number of hydrogen-bond acceptors (Lipinski definition) is 4. The van der Waals surface area contributed by atoms with Gasteiger partial charge in [0.05, 0.1) is 0 Å². The third-order valence-corrected chi connectivity index (χ3v) is 5.10. The van der Waals surface area contributed by atoms with Gasteiger partial charge in [0, 0.05) is 50.8 Å². The number of nitrogens with zero attached hydrogens (tertiary/aromatic N) is 2. The number of piperazine rings is 1. The van der Waals surface area contributed by atoms with Crippen LogP contribution < -0.4 is 10.9 Å². The molecule has 2 aliphatic heterocycles. The van der Waals surface area contributed by atoms with Crippen molar-refractivity contribution in [1.29, 1.82) is 0 Å². The molecule has 1 aromatic carbocycles. The van der Waals surface area contributed by atoms with Crippen LogP contribution in [0.2, 0.25) is 0 Å². The van der Waals surface area contributed by atoms with E-state index in [0.29, 0.717) is 12.6 Å². The fourth-order valence-corrected chi connectivity index (χ4v) is 3.75. The first-order valence-corrected chi connectivity index (χ1v) is 8.58. The summed E-state index contributed by atoms with van der Waals surface area (Å²) in [6.07, 6.45) is 0.983. The van der Waals surface area contributed by atoms with E-state index in [9.17, 15) is 9.59 Å². The lowest BCUT2D eigenvalue weighted by Gasteiger charge is -2.32. The van der Waals surface area contributed by atoms with Crippen molar-refractivity contribution in [3.63, 3.8) is 0 Å². The summed E-state index contributed by atoms with van der Waals surface area (Å²) in [4.78, 5) is 32.2. The molecule has 126 valence electrons. The number of likely N-dealkylation sites (tertiary alicyclic amines) is 1. The molecule has 24 heavy (non-hydrogen) atoms. The van der Waals surface area contributed by atoms with Gasteiger partial charge in [-0.3, -0.25) is 14.5 Å². The molecule has 2 saturated heterocycles. The van der Waals surface area contributed by atoms with Gasteiger partial charge in [0.2, 0.25) is 0 Å². The predicted octanol–water partition coefficient (Wildman–Crippen LogP) is 0.648. The van der Waals surface area contributed by atoms with Gasteiger partial charge in [0.15, 0.2) is 0 Å². The van der Waals surface area contributed by atoms with Crippen LogP contribution in [-0.4, -0.2) is 66.0 Å². The lowest BCUT2D eigenvalue weighted by Crippen LogP contribution is -2.49. The molecule has 4 rings (SSSR count). The Morgan fingerprint density at radius 2 is 1.92 bits per heavy atom. The first-order valence-electron chi connectivity index (χ1n) is 8.58. The first kappa shape index (κ1) is 15.4. The minimum absolute atomic E-state index is 0.153. The molecule has 6 nitrogen and oxygen atoms in total. The van der Waals surface area contributed by atoms with Crippen LogP contribution in [0, 0.1) is 0 Å². The minimum atomic E-state index is -0.302. The van der Waals surface area contributed by atoms with Crippen LogP contribution in [0.3, 0.4) is 0 Å². The molecule has 3 heterocycles. The molecule has 0 saturated carbocycles. The van der Waals surface area contributed by atoms with Gasteiger partial charge in [-0.05, 0) is 23.9 Å². The van der Waals surface area contributed by atoms with E-state index in [-0.39, 0.29) is 17.0 Å². The molecule has 0 radical (unpaired) electrons. The van der Waals surface area contributed by atoms with Crippen LogP contribution in [0.25, 0.3) is 10.9 Å². The number of aromatic amines is 1. The Morgan fingerprint density at radius 1 is 1.12 bits per heavy atom. The molecule has 6 heteroatoms. The zero-order chi connectivity index (χ0) is 16.5. The summed E-state index contributed by atoms with van der Waals surface area (Å²) in [5.74, 6) is -0.153. The van der Waals surface area contributed by atoms with Gasteiger partial charge >= 0.3 is 0 Å². The molecular weight excluding hydrogens is 304 g/mol. The number of fused-ring (bicyclic) bond motifs is 1. The summed E-state index contributed by atoms with van der Waals surface area (Å²) in [5, 5.41) is 4.24. The van der Waals surface area contributed by atoms with Gasteiger partial charge in [-0.25, -0.2) is 0 Å². The maximum atomic E-state index is 12.8. The summed E-state index contributed by atoms with van der Waals surface area (Å²) in [6.45, 7) is 5.51. The zero-order valence-corrected chi connectivity index (χ0v) is 13.6. The van der Waals surface area contributed by atoms with Crippen molar-refractivity contribution >= 4 is 16.8 Å². The van der Waals surface area contributed by atoms with Crippen molar-refractivity contribution in [2.45, 2.75) is 12.5 Å². The molecule has 0 spiro atoms. The predicted molar refractivity (Wildman–Crippen MR) is 93.3 cm³/mol. The van der Waals surface area contributed by atoms with E-state index < -0.39 is 0 Å². The number of amides is 1. The SMILES string of the molecule is O=C(c1cc2ccccc2[nH]c1=O)N1CCC(N2CCNCC2)C1. The highest BCUT2D eigenvalue weighted by Gasteiger charge is 2.32. The highest BCUT2D eigenvalue weighted by molar-refractivity contribution is 5.97. The van der Waals surface area contributed by atoms with E-state index in [4.69, 9.17) is 0 Å². The van der Waals surface area contributed by atoms with Crippen LogP contribution in [-0.2, 0) is 0 Å². The maximum Gasteiger partial charge on any atom is 0.261 e. The van der Waals surface area contributed by atoms with Crippen LogP contribution in [0.15, 0.2) is 35.1 Å². The second-order valence-electron chi connectivity index (χ2n) is 6.58. The molecule has 2 aliphatic rings. The summed E-state index contributed by atoms with van der Waals surface area (Å²) < 4.78 is 0. The standard InChI is InChI=1S/C18H22N4O2/c23-17-15(11-13-3-1-2-4-16(13)20-17)18(24)22-8-5-14(12-22)21-9-6-19-7-10-21/h1-4,11,14,19H,5-10,12H2,(H,20,23). The van der Waals surface area contributed by atoms with Crippen molar-refractivity contribution in [3.8, 4) is 0 Å². The number of para-hydroxylation sites is 1. The van der Waals surface area contributed by atoms with Gasteiger partial charge in [-0.2, -0.15) is 0 Å². The number of pyridine rings is 1. The lowest BCUT2D eigenvalue weighted by atomic mass is 10.1. The monoisotopic (exact) mass is 326 g/mol. The van der Waals surface area contributed by atoms with Gasteiger partial charge in [0.1, 0.15) is 5.56 Å². The maximum absolute atomic E-state index is 12.8. The largest absolute Gasteiger partial charge is 0.337 e. The number of carbonyl (C=O) groups excluding carboxylic acids is 1. The van der Waals surface area contributed by atoms with Crippen molar-refractivity contribution in [1.82, 2.24) is 20.1 Å². The average molecular weight is 326 g/mol. The molecule has 1 unspecified atom stereocenters. The van der Waals surface area contributed by atoms with Gasteiger partial charge in [0.25, 0.3) is 11.5 Å². The fraction of sp³-hybridized carbons (Fsp3) is 0.444. The molecule has 0 bridgehead atoms. The van der Waals surface area contributed by atoms with Gasteiger partial charge in [-0.15, -0.1) is 0 Å². The van der Waals surface area contributed by atoms with Gasteiger partial charge in [-0.1, -0.05) is 18.2 Å². The quantitative estimate of drug-likeness (QED) is 0.850. The summed E-state index contributed by atoms with van der Waals surface area (Å²) in [5.41, 5.74) is 0.707. The smallest absolute Gasteiger partial charge is 0.261 e. The molecule has 2 N–H and O–H groups in total. The Balaban J connectivity index is 1.54. The summed E-state index contributed by atoms with van der Waals surface area (Å²) >= 11 is 0. The van der Waals surface area contributed by atoms with E-state index in [1.54, 1.807) is 6.07 Å². The summed E-state index contributed by atoms with van der Waals surface area (Å²) in [7, 11) is 0. The Hall–Kier alpha value is -2.18. The van der Waals surface area contributed by atoms with E-state index >= 15 is 0 Å². The molecule has 2 fully saturated rings. The Morgan fingerprint density at radius 3 is 2.75 bits per heavy atom. The highest BCUT2D eigenvalue weighted by atomic mass is 16.2. The average Bonchev–Trinajstić information content (AvgIpc) is 3.11. The van der Waals surface area contributed by atoms with Crippen molar-refractivity contribution in [3.05, 3.63) is 46.2 Å². The van der Waals surface area contributed by atoms with E-state index in [0.717, 1.165) is 50.0 Å². The normalized spacial score (nSPS) is 22.2. The molecule has 1 amide bonds. The van der Waals surface area contributed by atoms with Crippen LogP contribution in [0.5, 0.6) is 0 Å². The number of benzene rings is 1. The molecule has 0 aliphatic carbocycles. The number of aromatic nitrogens is 1. The number of hydrogen-bond donors (Lipinski definition) is 2. The molecule has 2 aromatic rings. The lowest BCUT2D eigenvalue weighted by molar-refractivity contribution is 0.0772. The molecular formula is C18H22N4O2. The third-order valence-electron chi connectivity index (χ3n) is 5.10. The van der Waals surface area contributed by atoms with Crippen molar-refractivity contribution < 1.29 is 4.79 Å². The third kappa shape index (κ3) is 2.83. The molecule has 1 aromatic heterocycles. The number of nitrogens with one attached hydrogen (secondary N) is 2. The zero-order valence-electron chi connectivity index (χ0n) is 13.6. The fourth-order valence-electron chi connectivity index (χ4n) is 3.75. The van der Waals surface area contributed by atoms with Crippen molar-refractivity contribution in [2.75, 3.05) is 39.3 Å². The van der Waals surface area contributed by atoms with E-state index in [2.05, 4.69) is 15.2 Å². The topological polar surface area (TPSA) is 68.4 Å². The first-order chi connectivity index (χ1) is 11.7. The van der Waals surface area contributed by atoms with Crippen LogP contribution >= 0.6 is 0 Å². The second-order valence-corrected chi connectivity index (χ2v) is 6.58. The number of carbonyl (C=O) groups is 1. The number of rotatable bonds is 2. The summed E-state index contributed by atoms with van der Waals surface area (Å²) in [6, 6.07) is 9.67. The number of H-pyrrole nitrogens is 1. The van der Waals surface area contributed by atoms with Crippen molar-refractivity contribution in [2.24, 2.45) is 0 Å². The van der Waals surface area contributed by atoms with Gasteiger partial charge < -0.3 is 15.2 Å². The Labute approximate surface area is 140 Å². The van der Waals surface area contributed by atoms with Crippen LogP contribution in [0.4, 0.5) is 0 Å². The minimum Gasteiger partial charge on any atom is -0.337 e. The molecule has 1 atom stereocenters. The van der Waals surface area contributed by atoms with E-state index in [1.807, 2.05) is 29.2 Å². The Bertz CT molecular complexity index is 810. The second kappa shape index (κ2) is 6.37. The Kier molecular flexibility index (Phi) is 4.08.